The number of ether oxygens (including phenoxy) is 1. The van der Waals surface area contributed by atoms with E-state index in [0.29, 0.717) is 5.92 Å². The summed E-state index contributed by atoms with van der Waals surface area (Å²) in [5.74, 6) is 1.50. The Bertz CT molecular complexity index is 741. The highest BCUT2D eigenvalue weighted by molar-refractivity contribution is 7.12. The second-order valence-corrected chi connectivity index (χ2v) is 7.89. The quantitative estimate of drug-likeness (QED) is 0.751. The highest BCUT2D eigenvalue weighted by Crippen LogP contribution is 2.45. The van der Waals surface area contributed by atoms with Gasteiger partial charge in [0.15, 0.2) is 6.23 Å². The van der Waals surface area contributed by atoms with Crippen molar-refractivity contribution in [3.8, 4) is 5.75 Å². The summed E-state index contributed by atoms with van der Waals surface area (Å²) in [6.45, 7) is 4.44. The molecule has 23 heavy (non-hydrogen) atoms. The van der Waals surface area contributed by atoms with E-state index in [1.807, 2.05) is 18.2 Å². The Hall–Kier alpha value is -1.52. The molecule has 4 rings (SSSR count). The minimum atomic E-state index is -0.00821. The molecule has 2 aromatic rings. The Morgan fingerprint density at radius 2 is 2.26 bits per heavy atom. The molecule has 2 aliphatic heterocycles. The predicted octanol–water partition coefficient (Wildman–Crippen LogP) is 5.32. The Morgan fingerprint density at radius 1 is 1.39 bits per heavy atom. The third kappa shape index (κ3) is 2.74. The van der Waals surface area contributed by atoms with Crippen LogP contribution in [-0.4, -0.2) is 16.9 Å². The molecule has 0 N–H and O–H groups in total. The molecule has 1 aromatic heterocycles. The molecular weight excluding hydrogens is 328 g/mol. The second kappa shape index (κ2) is 5.84. The highest BCUT2D eigenvalue weighted by Gasteiger charge is 2.40. The number of fused-ring (bicyclic) bond motifs is 3. The number of hydrogen-bond donors (Lipinski definition) is 0. The fourth-order valence-corrected chi connectivity index (χ4v) is 4.19. The second-order valence-electron chi connectivity index (χ2n) is 6.51. The lowest BCUT2D eigenvalue weighted by Crippen LogP contribution is -2.41. The molecule has 0 spiro atoms. The van der Waals surface area contributed by atoms with Gasteiger partial charge in [-0.25, -0.2) is 0 Å². The maximum atomic E-state index is 6.24. The highest BCUT2D eigenvalue weighted by atomic mass is 35.5. The summed E-state index contributed by atoms with van der Waals surface area (Å²) < 4.78 is 6.24. The number of halogens is 1. The van der Waals surface area contributed by atoms with Gasteiger partial charge in [-0.3, -0.25) is 5.01 Å². The fourth-order valence-electron chi connectivity index (χ4n) is 3.28. The molecule has 0 amide bonds. The third-order valence-electron chi connectivity index (χ3n) is 4.31. The topological polar surface area (TPSA) is 24.8 Å². The summed E-state index contributed by atoms with van der Waals surface area (Å²) >= 11 is 7.96. The third-order valence-corrected chi connectivity index (χ3v) is 5.46. The molecule has 0 radical (unpaired) electrons. The van der Waals surface area contributed by atoms with E-state index in [-0.39, 0.29) is 12.3 Å². The average molecular weight is 347 g/mol. The first-order valence-electron chi connectivity index (χ1n) is 7.97. The molecule has 2 aliphatic rings. The van der Waals surface area contributed by atoms with E-state index in [9.17, 15) is 0 Å². The summed E-state index contributed by atoms with van der Waals surface area (Å²) in [6.07, 6.45) is 1.86. The van der Waals surface area contributed by atoms with Crippen molar-refractivity contribution in [1.82, 2.24) is 5.01 Å². The van der Waals surface area contributed by atoms with Gasteiger partial charge in [0, 0.05) is 23.4 Å². The van der Waals surface area contributed by atoms with Crippen molar-refractivity contribution < 1.29 is 4.74 Å². The summed E-state index contributed by atoms with van der Waals surface area (Å²) in [5.41, 5.74) is 2.29. The van der Waals surface area contributed by atoms with Gasteiger partial charge >= 0.3 is 0 Å². The Morgan fingerprint density at radius 3 is 3.00 bits per heavy atom. The van der Waals surface area contributed by atoms with Gasteiger partial charge in [-0.15, -0.1) is 11.3 Å². The lowest BCUT2D eigenvalue weighted by atomic mass is 9.97. The first-order valence-corrected chi connectivity index (χ1v) is 9.23. The standard InChI is InChI=1S/C18H19ClN2OS/c1-11(2)8-18-21-15(10-14(20-21)17-4-3-7-23-17)13-9-12(19)5-6-16(13)22-18/h3-7,9,11,15,18H,8,10H2,1-2H3/t15-,18-/m0/s1. The number of rotatable bonds is 3. The van der Waals surface area contributed by atoms with Crippen LogP contribution in [0.1, 0.15) is 43.2 Å². The van der Waals surface area contributed by atoms with Crippen LogP contribution < -0.4 is 4.74 Å². The Kier molecular flexibility index (Phi) is 3.82. The Labute approximate surface area is 145 Å². The molecule has 0 unspecified atom stereocenters. The largest absolute Gasteiger partial charge is 0.469 e. The van der Waals surface area contributed by atoms with E-state index in [1.54, 1.807) is 11.3 Å². The van der Waals surface area contributed by atoms with Gasteiger partial charge in [-0.1, -0.05) is 31.5 Å². The van der Waals surface area contributed by atoms with E-state index in [2.05, 4.69) is 36.4 Å². The normalized spacial score (nSPS) is 22.6. The number of thiophene rings is 1. The zero-order valence-corrected chi connectivity index (χ0v) is 14.8. The van der Waals surface area contributed by atoms with Gasteiger partial charge in [-0.2, -0.15) is 5.10 Å². The lowest BCUT2D eigenvalue weighted by molar-refractivity contribution is -0.0291. The van der Waals surface area contributed by atoms with Crippen molar-refractivity contribution in [2.24, 2.45) is 11.0 Å². The van der Waals surface area contributed by atoms with Crippen molar-refractivity contribution in [2.45, 2.75) is 39.0 Å². The van der Waals surface area contributed by atoms with Crippen LogP contribution in [0.3, 0.4) is 0 Å². The molecule has 3 heterocycles. The van der Waals surface area contributed by atoms with Gasteiger partial charge in [0.25, 0.3) is 0 Å². The van der Waals surface area contributed by atoms with Crippen LogP contribution in [-0.2, 0) is 0 Å². The van der Waals surface area contributed by atoms with E-state index in [1.165, 1.54) is 4.88 Å². The number of nitrogens with zero attached hydrogens (tertiary/aromatic N) is 2. The molecule has 120 valence electrons. The first-order chi connectivity index (χ1) is 11.1. The zero-order valence-electron chi connectivity index (χ0n) is 13.2. The van der Waals surface area contributed by atoms with Crippen LogP contribution >= 0.6 is 22.9 Å². The van der Waals surface area contributed by atoms with E-state index in [4.69, 9.17) is 21.4 Å². The Balaban J connectivity index is 1.73. The summed E-state index contributed by atoms with van der Waals surface area (Å²) in [6, 6.07) is 10.3. The van der Waals surface area contributed by atoms with Gasteiger partial charge in [0.1, 0.15) is 5.75 Å². The zero-order chi connectivity index (χ0) is 16.0. The average Bonchev–Trinajstić information content (AvgIpc) is 3.16. The molecular formula is C18H19ClN2OS. The maximum absolute atomic E-state index is 6.24. The summed E-state index contributed by atoms with van der Waals surface area (Å²) in [5, 5.41) is 9.90. The maximum Gasteiger partial charge on any atom is 0.188 e. The molecule has 0 fully saturated rings. The van der Waals surface area contributed by atoms with Crippen LogP contribution in [0.2, 0.25) is 5.02 Å². The van der Waals surface area contributed by atoms with Gasteiger partial charge in [0.2, 0.25) is 0 Å². The van der Waals surface area contributed by atoms with Gasteiger partial charge in [0.05, 0.1) is 16.6 Å². The monoisotopic (exact) mass is 346 g/mol. The van der Waals surface area contributed by atoms with Gasteiger partial charge in [-0.05, 0) is 35.6 Å². The number of hydrazone groups is 1. The molecule has 1 aromatic carbocycles. The van der Waals surface area contributed by atoms with Crippen LogP contribution in [0.5, 0.6) is 5.75 Å². The van der Waals surface area contributed by atoms with Crippen molar-refractivity contribution in [3.63, 3.8) is 0 Å². The van der Waals surface area contributed by atoms with Crippen molar-refractivity contribution in [2.75, 3.05) is 0 Å². The summed E-state index contributed by atoms with van der Waals surface area (Å²) in [4.78, 5) is 1.24. The molecule has 5 heteroatoms. The molecule has 2 atom stereocenters. The summed E-state index contributed by atoms with van der Waals surface area (Å²) in [7, 11) is 0. The molecule has 0 saturated heterocycles. The first kappa shape index (κ1) is 15.0. The van der Waals surface area contributed by atoms with Crippen LogP contribution in [0, 0.1) is 5.92 Å². The van der Waals surface area contributed by atoms with E-state index in [0.717, 1.165) is 34.9 Å². The SMILES string of the molecule is CC(C)C[C@@H]1Oc2ccc(Cl)cc2[C@@H]2CC(c3cccs3)=NN12. The van der Waals surface area contributed by atoms with Crippen LogP contribution in [0.4, 0.5) is 0 Å². The van der Waals surface area contributed by atoms with Gasteiger partial charge < -0.3 is 4.74 Å². The lowest BCUT2D eigenvalue weighted by Gasteiger charge is -2.38. The van der Waals surface area contributed by atoms with E-state index < -0.39 is 0 Å². The predicted molar refractivity (Wildman–Crippen MR) is 95.4 cm³/mol. The minimum absolute atomic E-state index is 0.00821. The molecule has 3 nitrogen and oxygen atoms in total. The van der Waals surface area contributed by atoms with E-state index >= 15 is 0 Å². The van der Waals surface area contributed by atoms with Crippen molar-refractivity contribution in [1.29, 1.82) is 0 Å². The van der Waals surface area contributed by atoms with Crippen molar-refractivity contribution in [3.05, 3.63) is 51.2 Å². The number of hydrogen-bond acceptors (Lipinski definition) is 4. The molecule has 0 bridgehead atoms. The fraction of sp³-hybridized carbons (Fsp3) is 0.389. The minimum Gasteiger partial charge on any atom is -0.469 e. The van der Waals surface area contributed by atoms with Crippen molar-refractivity contribution >= 4 is 28.6 Å². The molecule has 0 saturated carbocycles. The smallest absolute Gasteiger partial charge is 0.188 e. The van der Waals surface area contributed by atoms with Crippen LogP contribution in [0.25, 0.3) is 0 Å². The molecule has 0 aliphatic carbocycles. The van der Waals surface area contributed by atoms with Crippen LogP contribution in [0.15, 0.2) is 40.8 Å². The number of benzene rings is 1.